The third-order valence-electron chi connectivity index (χ3n) is 2.92. The van der Waals surface area contributed by atoms with Gasteiger partial charge in [0.05, 0.1) is 0 Å². The SMILES string of the molecule is CCCCC(=O)Nc1nnc(CN2C(=O)CCC2=O)o1. The fourth-order valence-electron chi connectivity index (χ4n) is 1.82. The van der Waals surface area contributed by atoms with Gasteiger partial charge in [-0.25, -0.2) is 0 Å². The first-order valence-corrected chi connectivity index (χ1v) is 6.55. The summed E-state index contributed by atoms with van der Waals surface area (Å²) in [6, 6.07) is -0.0137. The van der Waals surface area contributed by atoms with Crippen LogP contribution in [0.3, 0.4) is 0 Å². The van der Waals surface area contributed by atoms with Gasteiger partial charge in [-0.2, -0.15) is 0 Å². The van der Waals surface area contributed by atoms with Crippen molar-refractivity contribution in [3.63, 3.8) is 0 Å². The summed E-state index contributed by atoms with van der Waals surface area (Å²) in [4.78, 5) is 35.4. The van der Waals surface area contributed by atoms with E-state index in [4.69, 9.17) is 4.42 Å². The fraction of sp³-hybridized carbons (Fsp3) is 0.583. The lowest BCUT2D eigenvalue weighted by atomic mass is 10.2. The molecule has 2 heterocycles. The quantitative estimate of drug-likeness (QED) is 0.774. The highest BCUT2D eigenvalue weighted by Crippen LogP contribution is 2.16. The minimum absolute atomic E-state index is 0.0137. The molecule has 1 aromatic heterocycles. The van der Waals surface area contributed by atoms with Crippen molar-refractivity contribution >= 4 is 23.7 Å². The van der Waals surface area contributed by atoms with Crippen molar-refractivity contribution < 1.29 is 18.8 Å². The predicted molar refractivity (Wildman–Crippen MR) is 67.2 cm³/mol. The summed E-state index contributed by atoms with van der Waals surface area (Å²) >= 11 is 0. The first-order valence-electron chi connectivity index (χ1n) is 6.55. The van der Waals surface area contributed by atoms with Gasteiger partial charge in [-0.1, -0.05) is 18.4 Å². The predicted octanol–water partition coefficient (Wildman–Crippen LogP) is 0.847. The maximum absolute atomic E-state index is 11.5. The standard InChI is InChI=1S/C12H16N4O4/c1-2-3-4-8(17)13-12-15-14-9(20-12)7-16-10(18)5-6-11(16)19/h2-7H2,1H3,(H,13,15,17). The van der Waals surface area contributed by atoms with E-state index in [2.05, 4.69) is 15.5 Å². The van der Waals surface area contributed by atoms with Gasteiger partial charge in [-0.3, -0.25) is 24.6 Å². The van der Waals surface area contributed by atoms with E-state index >= 15 is 0 Å². The zero-order valence-electron chi connectivity index (χ0n) is 11.2. The number of carbonyl (C=O) groups is 3. The Morgan fingerprint density at radius 3 is 2.65 bits per heavy atom. The zero-order chi connectivity index (χ0) is 14.5. The molecule has 1 aliphatic rings. The van der Waals surface area contributed by atoms with Crippen LogP contribution in [0.5, 0.6) is 0 Å². The second-order valence-corrected chi connectivity index (χ2v) is 4.53. The molecule has 108 valence electrons. The number of rotatable bonds is 6. The highest BCUT2D eigenvalue weighted by molar-refractivity contribution is 6.01. The number of imide groups is 1. The van der Waals surface area contributed by atoms with Crippen LogP contribution in [0.2, 0.25) is 0 Å². The average molecular weight is 280 g/mol. The lowest BCUT2D eigenvalue weighted by molar-refractivity contribution is -0.139. The zero-order valence-corrected chi connectivity index (χ0v) is 11.2. The number of aromatic nitrogens is 2. The van der Waals surface area contributed by atoms with Crippen molar-refractivity contribution in [3.8, 4) is 0 Å². The maximum Gasteiger partial charge on any atom is 0.322 e. The summed E-state index contributed by atoms with van der Waals surface area (Å²) in [5, 5.41) is 9.84. The van der Waals surface area contributed by atoms with Crippen molar-refractivity contribution in [1.29, 1.82) is 0 Å². The van der Waals surface area contributed by atoms with Crippen molar-refractivity contribution in [2.45, 2.75) is 45.6 Å². The molecule has 2 rings (SSSR count). The normalized spacial score (nSPS) is 14.9. The van der Waals surface area contributed by atoms with Gasteiger partial charge in [0.25, 0.3) is 0 Å². The summed E-state index contributed by atoms with van der Waals surface area (Å²) in [7, 11) is 0. The lowest BCUT2D eigenvalue weighted by Gasteiger charge is -2.09. The van der Waals surface area contributed by atoms with Crippen molar-refractivity contribution in [3.05, 3.63) is 5.89 Å². The third-order valence-corrected chi connectivity index (χ3v) is 2.92. The van der Waals surface area contributed by atoms with Gasteiger partial charge in [0.1, 0.15) is 6.54 Å². The van der Waals surface area contributed by atoms with E-state index in [1.807, 2.05) is 6.92 Å². The minimum Gasteiger partial charge on any atom is -0.406 e. The van der Waals surface area contributed by atoms with Crippen LogP contribution in [0.25, 0.3) is 0 Å². The molecule has 3 amide bonds. The lowest BCUT2D eigenvalue weighted by Crippen LogP contribution is -2.28. The maximum atomic E-state index is 11.5. The monoisotopic (exact) mass is 280 g/mol. The van der Waals surface area contributed by atoms with E-state index in [9.17, 15) is 14.4 Å². The molecule has 1 aromatic rings. The number of likely N-dealkylation sites (tertiary alicyclic amines) is 1. The Labute approximate surface area is 115 Å². The number of nitrogens with one attached hydrogen (secondary N) is 1. The number of nitrogens with zero attached hydrogens (tertiary/aromatic N) is 3. The molecule has 8 heteroatoms. The van der Waals surface area contributed by atoms with Crippen LogP contribution >= 0.6 is 0 Å². The summed E-state index contributed by atoms with van der Waals surface area (Å²) in [5.41, 5.74) is 0. The summed E-state index contributed by atoms with van der Waals surface area (Å²) < 4.78 is 5.19. The molecule has 0 radical (unpaired) electrons. The molecule has 0 spiro atoms. The number of amides is 3. The van der Waals surface area contributed by atoms with Crippen LogP contribution in [0.1, 0.15) is 44.9 Å². The molecule has 0 atom stereocenters. The van der Waals surface area contributed by atoms with Crippen LogP contribution in [0.4, 0.5) is 6.01 Å². The van der Waals surface area contributed by atoms with Gasteiger partial charge in [0, 0.05) is 19.3 Å². The van der Waals surface area contributed by atoms with Gasteiger partial charge in [-0.15, -0.1) is 5.10 Å². The van der Waals surface area contributed by atoms with Crippen molar-refractivity contribution in [2.75, 3.05) is 5.32 Å². The molecular formula is C12H16N4O4. The van der Waals surface area contributed by atoms with Gasteiger partial charge in [0.15, 0.2) is 0 Å². The number of hydrogen-bond donors (Lipinski definition) is 1. The van der Waals surface area contributed by atoms with Crippen molar-refractivity contribution in [2.24, 2.45) is 0 Å². The molecule has 0 saturated carbocycles. The van der Waals surface area contributed by atoms with Crippen LogP contribution in [-0.4, -0.2) is 32.8 Å². The topological polar surface area (TPSA) is 105 Å². The molecule has 1 N–H and O–H groups in total. The summed E-state index contributed by atoms with van der Waals surface area (Å²) in [5.74, 6) is -0.571. The van der Waals surface area contributed by atoms with E-state index in [1.165, 1.54) is 0 Å². The molecule has 1 aliphatic heterocycles. The van der Waals surface area contributed by atoms with E-state index in [-0.39, 0.29) is 49.0 Å². The Morgan fingerprint density at radius 1 is 1.30 bits per heavy atom. The Kier molecular flexibility index (Phi) is 4.44. The summed E-state index contributed by atoms with van der Waals surface area (Å²) in [6.07, 6.45) is 2.52. The minimum atomic E-state index is -0.248. The van der Waals surface area contributed by atoms with Gasteiger partial charge < -0.3 is 4.42 Å². The van der Waals surface area contributed by atoms with E-state index < -0.39 is 0 Å². The van der Waals surface area contributed by atoms with Crippen LogP contribution in [-0.2, 0) is 20.9 Å². The third kappa shape index (κ3) is 3.40. The second-order valence-electron chi connectivity index (χ2n) is 4.53. The first kappa shape index (κ1) is 14.2. The Balaban J connectivity index is 1.90. The van der Waals surface area contributed by atoms with Crippen LogP contribution in [0.15, 0.2) is 4.42 Å². The summed E-state index contributed by atoms with van der Waals surface area (Å²) in [6.45, 7) is 1.94. The van der Waals surface area contributed by atoms with Crippen molar-refractivity contribution in [1.82, 2.24) is 15.1 Å². The highest BCUT2D eigenvalue weighted by Gasteiger charge is 2.30. The molecule has 1 fully saturated rings. The molecule has 0 aromatic carbocycles. The molecule has 0 bridgehead atoms. The number of anilines is 1. The first-order chi connectivity index (χ1) is 9.60. The number of hydrogen-bond acceptors (Lipinski definition) is 6. The molecule has 20 heavy (non-hydrogen) atoms. The molecule has 8 nitrogen and oxygen atoms in total. The largest absolute Gasteiger partial charge is 0.406 e. The second kappa shape index (κ2) is 6.27. The molecular weight excluding hydrogens is 264 g/mol. The van der Waals surface area contributed by atoms with E-state index in [0.29, 0.717) is 6.42 Å². The van der Waals surface area contributed by atoms with E-state index in [0.717, 1.165) is 17.7 Å². The fourth-order valence-corrected chi connectivity index (χ4v) is 1.82. The number of unbranched alkanes of at least 4 members (excludes halogenated alkanes) is 1. The number of carbonyl (C=O) groups excluding carboxylic acids is 3. The smallest absolute Gasteiger partial charge is 0.322 e. The Morgan fingerprint density at radius 2 is 2.00 bits per heavy atom. The van der Waals surface area contributed by atoms with E-state index in [1.54, 1.807) is 0 Å². The Hall–Kier alpha value is -2.25. The van der Waals surface area contributed by atoms with Gasteiger partial charge in [0.2, 0.25) is 23.6 Å². The van der Waals surface area contributed by atoms with Gasteiger partial charge >= 0.3 is 6.01 Å². The Bertz CT molecular complexity index is 509. The molecule has 0 aliphatic carbocycles. The molecule has 0 unspecified atom stereocenters. The molecule has 1 saturated heterocycles. The average Bonchev–Trinajstić information content (AvgIpc) is 2.98. The highest BCUT2D eigenvalue weighted by atomic mass is 16.4. The van der Waals surface area contributed by atoms with Crippen LogP contribution < -0.4 is 5.32 Å². The van der Waals surface area contributed by atoms with Gasteiger partial charge in [-0.05, 0) is 6.42 Å². The van der Waals surface area contributed by atoms with Crippen LogP contribution in [0, 0.1) is 0 Å².